The molecule has 1 aromatic carbocycles. The van der Waals surface area contributed by atoms with Crippen LogP contribution in [-0.4, -0.2) is 55.7 Å². The van der Waals surface area contributed by atoms with Gasteiger partial charge in [0.25, 0.3) is 0 Å². The maximum atomic E-state index is 12.8. The average Bonchev–Trinajstić information content (AvgIpc) is 2.69. The Balaban J connectivity index is 1.62. The summed E-state index contributed by atoms with van der Waals surface area (Å²) in [4.78, 5) is 25.5. The van der Waals surface area contributed by atoms with Gasteiger partial charge < -0.3 is 16.0 Å². The lowest BCUT2D eigenvalue weighted by molar-refractivity contribution is -0.121. The van der Waals surface area contributed by atoms with Crippen LogP contribution in [0.25, 0.3) is 0 Å². The van der Waals surface area contributed by atoms with E-state index in [4.69, 9.17) is 5.73 Å². The number of nitrogens with two attached hydrogens (primary N) is 1. The molecule has 154 valence electrons. The van der Waals surface area contributed by atoms with Crippen molar-refractivity contribution in [2.24, 2.45) is 17.6 Å². The Labute approximate surface area is 166 Å². The highest BCUT2D eigenvalue weighted by molar-refractivity contribution is 7.89. The lowest BCUT2D eigenvalue weighted by Gasteiger charge is -2.30. The molecule has 9 heteroatoms. The molecule has 0 unspecified atom stereocenters. The van der Waals surface area contributed by atoms with Crippen molar-refractivity contribution in [2.45, 2.75) is 37.5 Å². The predicted octanol–water partition coefficient (Wildman–Crippen LogP) is 1.84. The molecule has 2 fully saturated rings. The molecule has 3 amide bonds. The average molecular weight is 409 g/mol. The molecule has 0 spiro atoms. The van der Waals surface area contributed by atoms with Crippen molar-refractivity contribution >= 4 is 27.6 Å². The van der Waals surface area contributed by atoms with Gasteiger partial charge in [0.15, 0.2) is 0 Å². The van der Waals surface area contributed by atoms with Crippen LogP contribution in [-0.2, 0) is 14.8 Å². The van der Waals surface area contributed by atoms with Crippen molar-refractivity contribution in [3.63, 3.8) is 0 Å². The van der Waals surface area contributed by atoms with Crippen LogP contribution in [0.2, 0.25) is 0 Å². The molecule has 2 aliphatic heterocycles. The maximum absolute atomic E-state index is 12.8. The highest BCUT2D eigenvalue weighted by atomic mass is 32.2. The third kappa shape index (κ3) is 4.64. The third-order valence-electron chi connectivity index (χ3n) is 5.61. The van der Waals surface area contributed by atoms with Crippen molar-refractivity contribution < 1.29 is 18.0 Å². The van der Waals surface area contributed by atoms with Gasteiger partial charge in [-0.15, -0.1) is 0 Å². The van der Waals surface area contributed by atoms with E-state index in [0.29, 0.717) is 44.2 Å². The number of primary amides is 1. The van der Waals surface area contributed by atoms with Crippen molar-refractivity contribution in [1.29, 1.82) is 0 Å². The van der Waals surface area contributed by atoms with Gasteiger partial charge in [-0.3, -0.25) is 4.79 Å². The number of hydrogen-bond donors (Lipinski definition) is 2. The summed E-state index contributed by atoms with van der Waals surface area (Å²) in [7, 11) is -3.51. The fourth-order valence-electron chi connectivity index (χ4n) is 3.72. The van der Waals surface area contributed by atoms with Crippen LogP contribution in [0.4, 0.5) is 10.5 Å². The summed E-state index contributed by atoms with van der Waals surface area (Å²) in [6.45, 7) is 4.10. The van der Waals surface area contributed by atoms with Crippen LogP contribution < -0.4 is 11.1 Å². The second-order valence-corrected chi connectivity index (χ2v) is 9.66. The van der Waals surface area contributed by atoms with Gasteiger partial charge in [-0.05, 0) is 55.9 Å². The number of carbonyl (C=O) groups excluding carboxylic acids is 2. The Bertz CT molecular complexity index is 817. The number of benzene rings is 1. The van der Waals surface area contributed by atoms with Crippen molar-refractivity contribution in [3.8, 4) is 0 Å². The molecular weight excluding hydrogens is 380 g/mol. The van der Waals surface area contributed by atoms with E-state index in [0.717, 1.165) is 19.3 Å². The standard InChI is InChI=1S/C19H28N4O4S/c1-14-8-11-23(12-9-14)28(26,27)17-6-4-16(5-7-17)21-18(24)15-3-2-10-22(13-15)19(20)25/h4-7,14-15H,2-3,8-13H2,1H3,(H2,20,25)(H,21,24)/t15-/m0/s1. The molecule has 8 nitrogen and oxygen atoms in total. The molecular formula is C19H28N4O4S. The number of piperidine rings is 2. The fourth-order valence-corrected chi connectivity index (χ4v) is 5.19. The van der Waals surface area contributed by atoms with Crippen LogP contribution in [0.3, 0.4) is 0 Å². The molecule has 3 N–H and O–H groups in total. The van der Waals surface area contributed by atoms with E-state index in [1.54, 1.807) is 12.1 Å². The van der Waals surface area contributed by atoms with E-state index in [9.17, 15) is 18.0 Å². The normalized spacial score (nSPS) is 22.0. The number of amides is 3. The third-order valence-corrected chi connectivity index (χ3v) is 7.52. The number of anilines is 1. The predicted molar refractivity (Wildman–Crippen MR) is 106 cm³/mol. The van der Waals surface area contributed by atoms with Crippen LogP contribution in [0.1, 0.15) is 32.6 Å². The number of hydrogen-bond acceptors (Lipinski definition) is 4. The zero-order valence-electron chi connectivity index (χ0n) is 16.1. The minimum Gasteiger partial charge on any atom is -0.351 e. The number of nitrogens with zero attached hydrogens (tertiary/aromatic N) is 2. The quantitative estimate of drug-likeness (QED) is 0.791. The molecule has 0 aromatic heterocycles. The topological polar surface area (TPSA) is 113 Å². The van der Waals surface area contributed by atoms with Gasteiger partial charge in [0.2, 0.25) is 15.9 Å². The molecule has 2 heterocycles. The molecule has 2 aliphatic rings. The van der Waals surface area contributed by atoms with Gasteiger partial charge >= 0.3 is 6.03 Å². The maximum Gasteiger partial charge on any atom is 0.314 e. The number of sulfonamides is 1. The van der Waals surface area contributed by atoms with E-state index in [-0.39, 0.29) is 16.7 Å². The summed E-state index contributed by atoms with van der Waals surface area (Å²) in [5, 5.41) is 2.81. The number of nitrogens with one attached hydrogen (secondary N) is 1. The highest BCUT2D eigenvalue weighted by Gasteiger charge is 2.29. The minimum absolute atomic E-state index is 0.188. The Hall–Kier alpha value is -2.13. The molecule has 1 aromatic rings. The highest BCUT2D eigenvalue weighted by Crippen LogP contribution is 2.25. The first-order chi connectivity index (χ1) is 13.3. The first-order valence-corrected chi connectivity index (χ1v) is 11.2. The van der Waals surface area contributed by atoms with Crippen molar-refractivity contribution in [1.82, 2.24) is 9.21 Å². The number of carbonyl (C=O) groups is 2. The summed E-state index contributed by atoms with van der Waals surface area (Å²) in [6, 6.07) is 5.75. The molecule has 28 heavy (non-hydrogen) atoms. The van der Waals surface area contributed by atoms with Gasteiger partial charge in [-0.2, -0.15) is 4.31 Å². The molecule has 2 saturated heterocycles. The first kappa shape index (κ1) is 20.6. The number of rotatable bonds is 4. The van der Waals surface area contributed by atoms with Gasteiger partial charge in [0, 0.05) is 31.9 Å². The number of likely N-dealkylation sites (tertiary alicyclic amines) is 1. The molecule has 0 bridgehead atoms. The zero-order valence-corrected chi connectivity index (χ0v) is 17.0. The zero-order chi connectivity index (χ0) is 20.3. The summed E-state index contributed by atoms with van der Waals surface area (Å²) >= 11 is 0. The van der Waals surface area contributed by atoms with Crippen LogP contribution >= 0.6 is 0 Å². The summed E-state index contributed by atoms with van der Waals surface area (Å²) in [6.07, 6.45) is 3.16. The SMILES string of the molecule is CC1CCN(S(=O)(=O)c2ccc(NC(=O)[C@H]3CCCN(C(N)=O)C3)cc2)CC1. The molecule has 0 radical (unpaired) electrons. The largest absolute Gasteiger partial charge is 0.351 e. The van der Waals surface area contributed by atoms with E-state index in [1.165, 1.54) is 21.3 Å². The summed E-state index contributed by atoms with van der Waals surface area (Å²) in [5.41, 5.74) is 5.84. The van der Waals surface area contributed by atoms with Crippen molar-refractivity contribution in [2.75, 3.05) is 31.5 Å². The van der Waals surface area contributed by atoms with E-state index >= 15 is 0 Å². The second kappa shape index (κ2) is 8.48. The van der Waals surface area contributed by atoms with Crippen LogP contribution in [0, 0.1) is 11.8 Å². The Kier molecular flexibility index (Phi) is 6.24. The van der Waals surface area contributed by atoms with Gasteiger partial charge in [0.1, 0.15) is 0 Å². The Morgan fingerprint density at radius 1 is 1.07 bits per heavy atom. The monoisotopic (exact) mass is 408 g/mol. The van der Waals surface area contributed by atoms with Gasteiger partial charge in [-0.25, -0.2) is 13.2 Å². The smallest absolute Gasteiger partial charge is 0.314 e. The van der Waals surface area contributed by atoms with Crippen molar-refractivity contribution in [3.05, 3.63) is 24.3 Å². The Morgan fingerprint density at radius 3 is 2.32 bits per heavy atom. The van der Waals surface area contributed by atoms with E-state index in [2.05, 4.69) is 12.2 Å². The summed E-state index contributed by atoms with van der Waals surface area (Å²) in [5.74, 6) is 0.0425. The Morgan fingerprint density at radius 2 is 1.71 bits per heavy atom. The van der Waals surface area contributed by atoms with Crippen LogP contribution in [0.5, 0.6) is 0 Å². The van der Waals surface area contributed by atoms with Gasteiger partial charge in [-0.1, -0.05) is 6.92 Å². The molecule has 3 rings (SSSR count). The lowest BCUT2D eigenvalue weighted by Crippen LogP contribution is -2.46. The molecule has 0 aliphatic carbocycles. The number of urea groups is 1. The molecule has 1 atom stereocenters. The van der Waals surface area contributed by atoms with E-state index < -0.39 is 16.1 Å². The van der Waals surface area contributed by atoms with E-state index in [1.807, 2.05) is 0 Å². The van der Waals surface area contributed by atoms with Gasteiger partial charge in [0.05, 0.1) is 10.8 Å². The minimum atomic E-state index is -3.51. The lowest BCUT2D eigenvalue weighted by atomic mass is 9.97. The first-order valence-electron chi connectivity index (χ1n) is 9.73. The fraction of sp³-hybridized carbons (Fsp3) is 0.579. The molecule has 0 saturated carbocycles. The van der Waals surface area contributed by atoms with Crippen LogP contribution in [0.15, 0.2) is 29.2 Å². The summed E-state index contributed by atoms with van der Waals surface area (Å²) < 4.78 is 27.1. The second-order valence-electron chi connectivity index (χ2n) is 7.72.